The second-order valence-corrected chi connectivity index (χ2v) is 30.8. The van der Waals surface area contributed by atoms with Gasteiger partial charge in [0.1, 0.15) is 0 Å². The van der Waals surface area contributed by atoms with Gasteiger partial charge in [-0.05, 0) is 257 Å². The molecule has 0 bridgehead atoms. The van der Waals surface area contributed by atoms with E-state index in [0.29, 0.717) is 0 Å². The summed E-state index contributed by atoms with van der Waals surface area (Å²) < 4.78 is 4.89. The average Bonchev–Trinajstić information content (AvgIpc) is 1.58. The molecule has 18 aromatic carbocycles. The van der Waals surface area contributed by atoms with Crippen molar-refractivity contribution in [1.29, 1.82) is 0 Å². The van der Waals surface area contributed by atoms with Gasteiger partial charge >= 0.3 is 0 Å². The van der Waals surface area contributed by atoms with E-state index in [2.05, 4.69) is 470 Å². The molecule has 4 heteroatoms. The van der Waals surface area contributed by atoms with Crippen LogP contribution in [0.4, 0.5) is 34.1 Å². The third-order valence-electron chi connectivity index (χ3n) is 23.8. The fourth-order valence-electron chi connectivity index (χ4n) is 17.8. The van der Waals surface area contributed by atoms with Crippen molar-refractivity contribution in [3.63, 3.8) is 0 Å². The summed E-state index contributed by atoms with van der Waals surface area (Å²) in [4.78, 5) is 4.83. The Labute approximate surface area is 670 Å². The first kappa shape index (κ1) is 68.2. The molecular weight excluding hydrogens is 1390 g/mol. The standard InChI is InChI=1S/C111H78N4/c1-111(2)105-73-97(112(91-29-17-7-18-30-91)93-53-57-95(58-54-93)114-107-65-49-87(83-41-33-79(34-42-83)75-21-9-3-10-22-75)69-101(107)102-70-88(50-66-108(102)114)84-43-35-80(36-44-84)76-23-11-4-12-24-76)61-63-99(105)100-64-62-98(74-106(100)111)113(92-31-19-8-20-32-92)94-55-59-96(60-56-94)115-109-67-51-89(85-45-37-81(38-46-85)77-25-13-5-14-26-77)71-103(109)104-72-90(52-68-110(104)115)86-47-39-82(40-48-86)78-27-15-6-16-28-78/h3-74H,1-2H3. The van der Waals surface area contributed by atoms with Crippen molar-refractivity contribution in [3.05, 3.63) is 448 Å². The minimum atomic E-state index is -0.351. The average molecular weight is 1470 g/mol. The summed E-state index contributed by atoms with van der Waals surface area (Å²) >= 11 is 0. The molecule has 0 fully saturated rings. The normalized spacial score (nSPS) is 12.2. The highest BCUT2D eigenvalue weighted by Gasteiger charge is 2.37. The molecule has 0 saturated carbocycles. The molecule has 0 amide bonds. The number of fused-ring (bicyclic) bond motifs is 9. The van der Waals surface area contributed by atoms with Crippen LogP contribution in [0.1, 0.15) is 25.0 Å². The van der Waals surface area contributed by atoms with Crippen LogP contribution in [-0.2, 0) is 5.41 Å². The van der Waals surface area contributed by atoms with Crippen molar-refractivity contribution >= 4 is 77.7 Å². The highest BCUT2D eigenvalue weighted by Crippen LogP contribution is 2.53. The summed E-state index contributed by atoms with van der Waals surface area (Å²) in [6, 6.07) is 161. The van der Waals surface area contributed by atoms with Crippen LogP contribution >= 0.6 is 0 Å². The van der Waals surface area contributed by atoms with E-state index in [-0.39, 0.29) is 5.41 Å². The van der Waals surface area contributed by atoms with Gasteiger partial charge in [0.05, 0.1) is 22.1 Å². The molecule has 1 aliphatic rings. The second-order valence-electron chi connectivity index (χ2n) is 30.8. The van der Waals surface area contributed by atoms with E-state index >= 15 is 0 Å². The van der Waals surface area contributed by atoms with E-state index < -0.39 is 0 Å². The Hall–Kier alpha value is -14.8. The predicted molar refractivity (Wildman–Crippen MR) is 486 cm³/mol. The van der Waals surface area contributed by atoms with Crippen molar-refractivity contribution in [2.75, 3.05) is 9.80 Å². The predicted octanol–water partition coefficient (Wildman–Crippen LogP) is 30.5. The largest absolute Gasteiger partial charge is 0.310 e. The van der Waals surface area contributed by atoms with Crippen LogP contribution in [0.3, 0.4) is 0 Å². The van der Waals surface area contributed by atoms with Crippen LogP contribution in [0.25, 0.3) is 155 Å². The molecular formula is C111H78N4. The molecule has 0 spiro atoms. The van der Waals surface area contributed by atoms with Gasteiger partial charge in [0.2, 0.25) is 0 Å². The third-order valence-corrected chi connectivity index (χ3v) is 23.8. The van der Waals surface area contributed by atoms with Gasteiger partial charge in [-0.3, -0.25) is 0 Å². The van der Waals surface area contributed by atoms with Gasteiger partial charge in [-0.25, -0.2) is 0 Å². The highest BCUT2D eigenvalue weighted by atomic mass is 15.2. The lowest BCUT2D eigenvalue weighted by molar-refractivity contribution is 0.660. The monoisotopic (exact) mass is 1470 g/mol. The molecule has 2 heterocycles. The summed E-state index contributed by atoms with van der Waals surface area (Å²) in [5.41, 5.74) is 37.2. The SMILES string of the molecule is CC1(C)c2cc(N(c3ccccc3)c3ccc(-n4c5ccc(-c6ccc(-c7ccccc7)cc6)cc5c5cc(-c6ccc(-c7ccccc7)cc6)ccc54)cc3)ccc2-c2ccc(N(c3ccccc3)c3ccc(-n4c5ccc(-c6ccc(-c7ccccc7)cc6)cc5c5cc(-c6ccc(-c7ccccc7)cc6)ccc54)cc3)cc21. The van der Waals surface area contributed by atoms with E-state index in [1.807, 2.05) is 0 Å². The van der Waals surface area contributed by atoms with Crippen LogP contribution < -0.4 is 9.80 Å². The molecule has 0 radical (unpaired) electrons. The number of anilines is 6. The van der Waals surface area contributed by atoms with E-state index in [0.717, 1.165) is 67.6 Å². The van der Waals surface area contributed by atoms with Crippen LogP contribution in [0, 0.1) is 0 Å². The molecule has 542 valence electrons. The molecule has 21 rings (SSSR count). The molecule has 1 aliphatic carbocycles. The zero-order valence-electron chi connectivity index (χ0n) is 63.9. The quantitative estimate of drug-likeness (QED) is 0.0959. The maximum absolute atomic E-state index is 2.44. The summed E-state index contributed by atoms with van der Waals surface area (Å²) in [7, 11) is 0. The molecule has 0 saturated heterocycles. The Balaban J connectivity index is 0.609. The number of benzene rings is 18. The van der Waals surface area contributed by atoms with Gasteiger partial charge in [0.15, 0.2) is 0 Å². The van der Waals surface area contributed by atoms with Crippen LogP contribution in [0.5, 0.6) is 0 Å². The molecule has 0 atom stereocenters. The Morgan fingerprint density at radius 1 is 0.174 bits per heavy atom. The van der Waals surface area contributed by atoms with Crippen LogP contribution in [0.15, 0.2) is 437 Å². The molecule has 0 N–H and O–H groups in total. The number of nitrogens with zero attached hydrogens (tertiary/aromatic N) is 4. The number of rotatable bonds is 16. The number of hydrogen-bond acceptors (Lipinski definition) is 2. The maximum atomic E-state index is 2.44. The summed E-state index contributed by atoms with van der Waals surface area (Å²) in [6.07, 6.45) is 0. The Bertz CT molecular complexity index is 6290. The van der Waals surface area contributed by atoms with Gasteiger partial charge in [0.25, 0.3) is 0 Å². The van der Waals surface area contributed by atoms with Crippen molar-refractivity contribution in [2.45, 2.75) is 19.3 Å². The fraction of sp³-hybridized carbons (Fsp3) is 0.0270. The Morgan fingerprint density at radius 2 is 0.374 bits per heavy atom. The second kappa shape index (κ2) is 28.5. The zero-order valence-corrected chi connectivity index (χ0v) is 63.9. The molecule has 115 heavy (non-hydrogen) atoms. The topological polar surface area (TPSA) is 16.3 Å². The summed E-state index contributed by atoms with van der Waals surface area (Å²) in [5, 5.41) is 4.83. The molecule has 0 aliphatic heterocycles. The van der Waals surface area contributed by atoms with Gasteiger partial charge in [-0.1, -0.05) is 305 Å². The Kier molecular flexibility index (Phi) is 16.9. The minimum Gasteiger partial charge on any atom is -0.310 e. The first-order valence-electron chi connectivity index (χ1n) is 39.8. The molecule has 20 aromatic rings. The minimum absolute atomic E-state index is 0.351. The first-order chi connectivity index (χ1) is 56.7. The third kappa shape index (κ3) is 12.4. The molecule has 0 unspecified atom stereocenters. The van der Waals surface area contributed by atoms with Crippen molar-refractivity contribution in [3.8, 4) is 112 Å². The van der Waals surface area contributed by atoms with E-state index in [4.69, 9.17) is 0 Å². The summed E-state index contributed by atoms with van der Waals surface area (Å²) in [5.74, 6) is 0. The lowest BCUT2D eigenvalue weighted by Crippen LogP contribution is -2.17. The summed E-state index contributed by atoms with van der Waals surface area (Å²) in [6.45, 7) is 4.80. The van der Waals surface area contributed by atoms with Crippen molar-refractivity contribution < 1.29 is 0 Å². The van der Waals surface area contributed by atoms with Crippen LogP contribution in [0.2, 0.25) is 0 Å². The smallest absolute Gasteiger partial charge is 0.0541 e. The van der Waals surface area contributed by atoms with Crippen LogP contribution in [-0.4, -0.2) is 9.13 Å². The van der Waals surface area contributed by atoms with Gasteiger partial charge in [-0.2, -0.15) is 0 Å². The Morgan fingerprint density at radius 3 is 0.626 bits per heavy atom. The van der Waals surface area contributed by atoms with E-state index in [1.54, 1.807) is 0 Å². The number of para-hydroxylation sites is 2. The van der Waals surface area contributed by atoms with Crippen molar-refractivity contribution in [2.24, 2.45) is 0 Å². The zero-order chi connectivity index (χ0) is 76.5. The number of hydrogen-bond donors (Lipinski definition) is 0. The lowest BCUT2D eigenvalue weighted by Gasteiger charge is -2.29. The van der Waals surface area contributed by atoms with Gasteiger partial charge in [-0.15, -0.1) is 0 Å². The van der Waals surface area contributed by atoms with Crippen molar-refractivity contribution in [1.82, 2.24) is 9.13 Å². The first-order valence-corrected chi connectivity index (χ1v) is 39.8. The van der Waals surface area contributed by atoms with E-state index in [9.17, 15) is 0 Å². The lowest BCUT2D eigenvalue weighted by atomic mass is 9.82. The van der Waals surface area contributed by atoms with Gasteiger partial charge in [0, 0.05) is 72.5 Å². The molecule has 2 aromatic heterocycles. The number of aromatic nitrogens is 2. The maximum Gasteiger partial charge on any atom is 0.0541 e. The molecule has 4 nitrogen and oxygen atoms in total. The van der Waals surface area contributed by atoms with E-state index in [1.165, 1.54) is 133 Å². The fourth-order valence-corrected chi connectivity index (χ4v) is 17.8. The van der Waals surface area contributed by atoms with Gasteiger partial charge < -0.3 is 18.9 Å². The highest BCUT2D eigenvalue weighted by molar-refractivity contribution is 6.13.